The summed E-state index contributed by atoms with van der Waals surface area (Å²) in [5, 5.41) is 0. The van der Waals surface area contributed by atoms with E-state index in [9.17, 15) is 0 Å². The lowest BCUT2D eigenvalue weighted by Gasteiger charge is -2.16. The summed E-state index contributed by atoms with van der Waals surface area (Å²) < 4.78 is 0. The molecule has 0 bridgehead atoms. The van der Waals surface area contributed by atoms with Crippen LogP contribution in [-0.2, 0) is 0 Å². The zero-order valence-electron chi connectivity index (χ0n) is 9.71. The zero-order valence-corrected chi connectivity index (χ0v) is 10.9. The molecule has 1 nitrogen and oxygen atoms in total. The van der Waals surface area contributed by atoms with E-state index in [1.54, 1.807) is 0 Å². The minimum atomic E-state index is -0.474. The summed E-state index contributed by atoms with van der Waals surface area (Å²) in [6, 6.07) is 2.81. The van der Waals surface area contributed by atoms with Crippen LogP contribution in [0.25, 0.3) is 0 Å². The lowest BCUT2D eigenvalue weighted by molar-refractivity contribution is 0.473. The highest BCUT2D eigenvalue weighted by molar-refractivity contribution is 6.59. The van der Waals surface area contributed by atoms with E-state index in [4.69, 9.17) is 0 Å². The van der Waals surface area contributed by atoms with Crippen molar-refractivity contribution in [2.75, 3.05) is 20.3 Å². The first-order valence-corrected chi connectivity index (χ1v) is 7.95. The van der Waals surface area contributed by atoms with Gasteiger partial charge in [-0.25, -0.2) is 0 Å². The molecule has 0 aliphatic heterocycles. The summed E-state index contributed by atoms with van der Waals surface area (Å²) in [5.41, 5.74) is 0. The van der Waals surface area contributed by atoms with Gasteiger partial charge in [-0.1, -0.05) is 38.5 Å². The van der Waals surface area contributed by atoms with Gasteiger partial charge in [-0.15, -0.1) is 0 Å². The van der Waals surface area contributed by atoms with Gasteiger partial charge in [0.25, 0.3) is 0 Å². The monoisotopic (exact) mass is 199 g/mol. The van der Waals surface area contributed by atoms with Gasteiger partial charge < -0.3 is 4.90 Å². The molecule has 0 spiro atoms. The lowest BCUT2D eigenvalue weighted by atomic mass is 10.3. The van der Waals surface area contributed by atoms with Crippen molar-refractivity contribution in [1.82, 2.24) is 4.90 Å². The zero-order chi connectivity index (χ0) is 10.1. The highest BCUT2D eigenvalue weighted by Gasteiger charge is 2.06. The molecule has 0 aliphatic carbocycles. The van der Waals surface area contributed by atoms with Crippen LogP contribution in [0.3, 0.4) is 0 Å². The predicted molar refractivity (Wildman–Crippen MR) is 65.0 cm³/mol. The quantitative estimate of drug-likeness (QED) is 0.450. The molecule has 0 saturated heterocycles. The third-order valence-electron chi connectivity index (χ3n) is 2.29. The summed E-state index contributed by atoms with van der Waals surface area (Å²) >= 11 is 0. The Kier molecular flexibility index (Phi) is 8.46. The van der Waals surface area contributed by atoms with Crippen LogP contribution in [0.15, 0.2) is 12.2 Å². The molecule has 0 aromatic rings. The minimum Gasteiger partial charge on any atom is -0.312 e. The number of unbranched alkanes of at least 4 members (excludes halogenated alkanes) is 1. The van der Waals surface area contributed by atoms with Crippen LogP contribution < -0.4 is 0 Å². The number of allylic oxidation sites excluding steroid dienone is 2. The molecule has 0 aromatic heterocycles. The molecule has 78 valence electrons. The fourth-order valence-corrected chi connectivity index (χ4v) is 3.81. The lowest BCUT2D eigenvalue weighted by Crippen LogP contribution is -2.28. The third-order valence-corrected chi connectivity index (χ3v) is 5.63. The second kappa shape index (κ2) is 8.51. The van der Waals surface area contributed by atoms with E-state index in [-0.39, 0.29) is 0 Å². The van der Waals surface area contributed by atoms with Gasteiger partial charge in [0.05, 0.1) is 8.80 Å². The molecular formula is C11H25NSi. The van der Waals surface area contributed by atoms with Crippen LogP contribution in [0, 0.1) is 0 Å². The minimum absolute atomic E-state index is 0.474. The topological polar surface area (TPSA) is 3.24 Å². The van der Waals surface area contributed by atoms with Gasteiger partial charge in [-0.05, 0) is 32.7 Å². The molecule has 0 saturated carbocycles. The van der Waals surface area contributed by atoms with Gasteiger partial charge >= 0.3 is 0 Å². The van der Waals surface area contributed by atoms with Crippen molar-refractivity contribution in [2.45, 2.75) is 38.8 Å². The Morgan fingerprint density at radius 2 is 1.85 bits per heavy atom. The molecule has 2 heteroatoms. The Bertz CT molecular complexity index is 132. The second-order valence-corrected chi connectivity index (χ2v) is 7.42. The standard InChI is InChI=1S/C11H25NSi/c1-5-7-8-9-10-13(6-2)11-12(3)4/h8-9,13H,5-7,10-11H2,1-4H3. The van der Waals surface area contributed by atoms with E-state index in [1.165, 1.54) is 31.1 Å². The molecular weight excluding hydrogens is 174 g/mol. The highest BCUT2D eigenvalue weighted by Crippen LogP contribution is 2.02. The Balaban J connectivity index is 3.58. The SMILES string of the molecule is CCCC=CC[SiH](CC)CN(C)C. The maximum atomic E-state index is 2.41. The van der Waals surface area contributed by atoms with Crippen LogP contribution in [0.2, 0.25) is 12.1 Å². The Morgan fingerprint density at radius 1 is 1.15 bits per heavy atom. The van der Waals surface area contributed by atoms with Crippen LogP contribution in [0.1, 0.15) is 26.7 Å². The van der Waals surface area contributed by atoms with Gasteiger partial charge in [0.2, 0.25) is 0 Å². The van der Waals surface area contributed by atoms with Crippen LogP contribution in [0.4, 0.5) is 0 Å². The van der Waals surface area contributed by atoms with E-state index in [2.05, 4.69) is 45.0 Å². The van der Waals surface area contributed by atoms with Crippen molar-refractivity contribution in [2.24, 2.45) is 0 Å². The summed E-state index contributed by atoms with van der Waals surface area (Å²) in [5.74, 6) is 0. The van der Waals surface area contributed by atoms with E-state index in [0.29, 0.717) is 0 Å². The fourth-order valence-electron chi connectivity index (χ4n) is 1.46. The largest absolute Gasteiger partial charge is 0.312 e. The van der Waals surface area contributed by atoms with Gasteiger partial charge in [0.1, 0.15) is 0 Å². The normalized spacial score (nSPS) is 14.2. The average molecular weight is 199 g/mol. The number of nitrogens with zero attached hydrogens (tertiary/aromatic N) is 1. The molecule has 1 atom stereocenters. The molecule has 0 heterocycles. The Hall–Kier alpha value is -0.0831. The summed E-state index contributed by atoms with van der Waals surface area (Å²) in [6.07, 6.45) is 8.65. The molecule has 0 aromatic carbocycles. The van der Waals surface area contributed by atoms with Crippen molar-refractivity contribution in [3.8, 4) is 0 Å². The van der Waals surface area contributed by atoms with Crippen molar-refractivity contribution in [3.05, 3.63) is 12.2 Å². The van der Waals surface area contributed by atoms with E-state index < -0.39 is 8.80 Å². The van der Waals surface area contributed by atoms with Crippen LogP contribution >= 0.6 is 0 Å². The molecule has 1 unspecified atom stereocenters. The molecule has 0 rings (SSSR count). The Morgan fingerprint density at radius 3 is 2.31 bits per heavy atom. The molecule has 0 N–H and O–H groups in total. The first kappa shape index (κ1) is 12.9. The van der Waals surface area contributed by atoms with Crippen LogP contribution in [0.5, 0.6) is 0 Å². The number of hydrogen-bond acceptors (Lipinski definition) is 1. The van der Waals surface area contributed by atoms with Crippen molar-refractivity contribution < 1.29 is 0 Å². The number of hydrogen-bond donors (Lipinski definition) is 0. The van der Waals surface area contributed by atoms with Gasteiger partial charge in [-0.3, -0.25) is 0 Å². The average Bonchev–Trinajstić information content (AvgIpc) is 2.09. The van der Waals surface area contributed by atoms with Gasteiger partial charge in [0.15, 0.2) is 0 Å². The van der Waals surface area contributed by atoms with Gasteiger partial charge in [0, 0.05) is 0 Å². The van der Waals surface area contributed by atoms with Crippen LogP contribution in [-0.4, -0.2) is 34.0 Å². The first-order valence-electron chi connectivity index (χ1n) is 5.50. The van der Waals surface area contributed by atoms with Crippen molar-refractivity contribution >= 4 is 8.80 Å². The fraction of sp³-hybridized carbons (Fsp3) is 0.818. The van der Waals surface area contributed by atoms with E-state index in [0.717, 1.165) is 0 Å². The third kappa shape index (κ3) is 8.25. The van der Waals surface area contributed by atoms with Gasteiger partial charge in [-0.2, -0.15) is 0 Å². The smallest absolute Gasteiger partial charge is 0.0564 e. The first-order chi connectivity index (χ1) is 6.20. The highest BCUT2D eigenvalue weighted by atomic mass is 28.3. The molecule has 13 heavy (non-hydrogen) atoms. The maximum Gasteiger partial charge on any atom is 0.0564 e. The summed E-state index contributed by atoms with van der Waals surface area (Å²) in [4.78, 5) is 2.34. The van der Waals surface area contributed by atoms with E-state index in [1.807, 2.05) is 0 Å². The van der Waals surface area contributed by atoms with E-state index >= 15 is 0 Å². The molecule has 0 radical (unpaired) electrons. The molecule has 0 amide bonds. The molecule has 0 fully saturated rings. The maximum absolute atomic E-state index is 2.41. The Labute approximate surface area is 85.4 Å². The second-order valence-electron chi connectivity index (χ2n) is 4.03. The molecule has 0 aliphatic rings. The number of rotatable bonds is 7. The summed E-state index contributed by atoms with van der Waals surface area (Å²) in [7, 11) is 3.90. The van der Waals surface area contributed by atoms with Crippen molar-refractivity contribution in [1.29, 1.82) is 0 Å². The predicted octanol–water partition coefficient (Wildman–Crippen LogP) is 2.69. The van der Waals surface area contributed by atoms with Crippen molar-refractivity contribution in [3.63, 3.8) is 0 Å². The summed E-state index contributed by atoms with van der Waals surface area (Å²) in [6.45, 7) is 4.58.